The zero-order chi connectivity index (χ0) is 12.5. The highest BCUT2D eigenvalue weighted by Crippen LogP contribution is 2.35. The summed E-state index contributed by atoms with van der Waals surface area (Å²) in [6.45, 7) is 3.54. The molecule has 2 aliphatic heterocycles. The van der Waals surface area contributed by atoms with Crippen molar-refractivity contribution < 1.29 is 14.6 Å². The SMILES string of the molecule is O=C(O)CC1CN(CC2COc3ccccc32)C1. The van der Waals surface area contributed by atoms with Gasteiger partial charge in [0.25, 0.3) is 0 Å². The molecule has 4 heteroatoms. The molecule has 0 aliphatic carbocycles. The first-order chi connectivity index (χ1) is 8.72. The fourth-order valence-electron chi connectivity index (χ4n) is 2.89. The number of hydrogen-bond donors (Lipinski definition) is 1. The standard InChI is InChI=1S/C14H17NO3/c16-14(17)5-10-6-15(7-10)8-11-9-18-13-4-2-1-3-12(11)13/h1-4,10-11H,5-9H2,(H,16,17). The zero-order valence-electron chi connectivity index (χ0n) is 10.2. The lowest BCUT2D eigenvalue weighted by Gasteiger charge is -2.39. The molecular weight excluding hydrogens is 230 g/mol. The quantitative estimate of drug-likeness (QED) is 0.877. The largest absolute Gasteiger partial charge is 0.493 e. The second-order valence-electron chi connectivity index (χ2n) is 5.23. The Bertz CT molecular complexity index is 454. The molecule has 2 heterocycles. The Labute approximate surface area is 106 Å². The molecule has 1 aromatic carbocycles. The first-order valence-electron chi connectivity index (χ1n) is 6.38. The third kappa shape index (κ3) is 2.20. The fraction of sp³-hybridized carbons (Fsp3) is 0.500. The number of ether oxygens (including phenoxy) is 1. The molecule has 96 valence electrons. The Balaban J connectivity index is 1.53. The molecule has 18 heavy (non-hydrogen) atoms. The topological polar surface area (TPSA) is 49.8 Å². The normalized spacial score (nSPS) is 23.2. The van der Waals surface area contributed by atoms with Gasteiger partial charge in [-0.25, -0.2) is 0 Å². The molecule has 1 N–H and O–H groups in total. The highest BCUT2D eigenvalue weighted by atomic mass is 16.5. The number of carboxylic acid groups (broad SMARTS) is 1. The molecule has 0 saturated carbocycles. The Morgan fingerprint density at radius 2 is 2.17 bits per heavy atom. The average Bonchev–Trinajstić information content (AvgIpc) is 2.69. The second kappa shape index (κ2) is 4.61. The maximum Gasteiger partial charge on any atom is 0.303 e. The number of benzene rings is 1. The van der Waals surface area contributed by atoms with Gasteiger partial charge < -0.3 is 14.7 Å². The molecular formula is C14H17NO3. The maximum atomic E-state index is 10.6. The summed E-state index contributed by atoms with van der Waals surface area (Å²) in [6, 6.07) is 8.18. The second-order valence-corrected chi connectivity index (χ2v) is 5.23. The minimum atomic E-state index is -0.686. The molecule has 4 nitrogen and oxygen atoms in total. The third-order valence-electron chi connectivity index (χ3n) is 3.77. The van der Waals surface area contributed by atoms with E-state index in [2.05, 4.69) is 11.0 Å². The Kier molecular flexibility index (Phi) is 2.96. The van der Waals surface area contributed by atoms with Gasteiger partial charge in [-0.1, -0.05) is 18.2 Å². The molecule has 0 radical (unpaired) electrons. The van der Waals surface area contributed by atoms with Gasteiger partial charge in [-0.15, -0.1) is 0 Å². The smallest absolute Gasteiger partial charge is 0.303 e. The molecule has 1 saturated heterocycles. The van der Waals surface area contributed by atoms with E-state index in [1.165, 1.54) is 5.56 Å². The summed E-state index contributed by atoms with van der Waals surface area (Å²) in [6.07, 6.45) is 0.300. The van der Waals surface area contributed by atoms with Crippen LogP contribution in [0.4, 0.5) is 0 Å². The van der Waals surface area contributed by atoms with E-state index in [9.17, 15) is 4.79 Å². The number of rotatable bonds is 4. The van der Waals surface area contributed by atoms with Crippen LogP contribution in [-0.4, -0.2) is 42.2 Å². The first-order valence-corrected chi connectivity index (χ1v) is 6.38. The van der Waals surface area contributed by atoms with Crippen molar-refractivity contribution in [2.45, 2.75) is 12.3 Å². The van der Waals surface area contributed by atoms with E-state index >= 15 is 0 Å². The lowest BCUT2D eigenvalue weighted by molar-refractivity contribution is -0.139. The van der Waals surface area contributed by atoms with Gasteiger partial charge in [-0.3, -0.25) is 4.79 Å². The predicted molar refractivity (Wildman–Crippen MR) is 66.9 cm³/mol. The van der Waals surface area contributed by atoms with Crippen molar-refractivity contribution in [2.75, 3.05) is 26.2 Å². The van der Waals surface area contributed by atoms with Gasteiger partial charge in [0.1, 0.15) is 5.75 Å². The van der Waals surface area contributed by atoms with Gasteiger partial charge in [0.2, 0.25) is 0 Å². The van der Waals surface area contributed by atoms with Crippen LogP contribution in [0, 0.1) is 5.92 Å². The van der Waals surface area contributed by atoms with Crippen LogP contribution in [-0.2, 0) is 4.79 Å². The van der Waals surface area contributed by atoms with Crippen LogP contribution in [0.15, 0.2) is 24.3 Å². The van der Waals surface area contributed by atoms with Crippen LogP contribution in [0.1, 0.15) is 17.9 Å². The average molecular weight is 247 g/mol. The number of para-hydroxylation sites is 1. The molecule has 2 aliphatic rings. The number of carbonyl (C=O) groups is 1. The summed E-state index contributed by atoms with van der Waals surface area (Å²) in [4.78, 5) is 12.9. The summed E-state index contributed by atoms with van der Waals surface area (Å²) in [5.74, 6) is 1.09. The molecule has 0 bridgehead atoms. The Morgan fingerprint density at radius 1 is 1.39 bits per heavy atom. The highest BCUT2D eigenvalue weighted by molar-refractivity contribution is 5.67. The molecule has 1 atom stereocenters. The summed E-state index contributed by atoms with van der Waals surface area (Å²) < 4.78 is 5.65. The van der Waals surface area contributed by atoms with Crippen molar-refractivity contribution >= 4 is 5.97 Å². The van der Waals surface area contributed by atoms with E-state index < -0.39 is 5.97 Å². The molecule has 0 amide bonds. The summed E-state index contributed by atoms with van der Waals surface area (Å²) in [7, 11) is 0. The van der Waals surface area contributed by atoms with Gasteiger partial charge in [0.15, 0.2) is 0 Å². The first kappa shape index (κ1) is 11.5. The molecule has 1 unspecified atom stereocenters. The van der Waals surface area contributed by atoms with Crippen molar-refractivity contribution in [1.29, 1.82) is 0 Å². The summed E-state index contributed by atoms with van der Waals surface area (Å²) >= 11 is 0. The number of hydrogen-bond acceptors (Lipinski definition) is 3. The minimum absolute atomic E-state index is 0.300. The molecule has 0 spiro atoms. The fourth-order valence-corrected chi connectivity index (χ4v) is 2.89. The van der Waals surface area contributed by atoms with Crippen molar-refractivity contribution in [3.05, 3.63) is 29.8 Å². The number of aliphatic carboxylic acids is 1. The van der Waals surface area contributed by atoms with Gasteiger partial charge in [-0.05, 0) is 12.0 Å². The lowest BCUT2D eigenvalue weighted by Crippen LogP contribution is -2.49. The van der Waals surface area contributed by atoms with E-state index in [1.54, 1.807) is 0 Å². The number of carboxylic acids is 1. The number of fused-ring (bicyclic) bond motifs is 1. The molecule has 3 rings (SSSR count). The molecule has 0 aromatic heterocycles. The lowest BCUT2D eigenvalue weighted by atomic mass is 9.93. The molecule has 1 fully saturated rings. The molecule has 1 aromatic rings. The van der Waals surface area contributed by atoms with Gasteiger partial charge in [0, 0.05) is 31.1 Å². The Morgan fingerprint density at radius 3 is 2.94 bits per heavy atom. The van der Waals surface area contributed by atoms with Crippen molar-refractivity contribution in [2.24, 2.45) is 5.92 Å². The monoisotopic (exact) mass is 247 g/mol. The summed E-state index contributed by atoms with van der Waals surface area (Å²) in [5.41, 5.74) is 1.29. The van der Waals surface area contributed by atoms with Crippen LogP contribution < -0.4 is 4.74 Å². The van der Waals surface area contributed by atoms with Crippen LogP contribution in [0.3, 0.4) is 0 Å². The predicted octanol–water partition coefficient (Wildman–Crippen LogP) is 1.57. The maximum absolute atomic E-state index is 10.6. The van der Waals surface area contributed by atoms with Crippen LogP contribution in [0.2, 0.25) is 0 Å². The van der Waals surface area contributed by atoms with Crippen molar-refractivity contribution in [1.82, 2.24) is 4.90 Å². The van der Waals surface area contributed by atoms with Gasteiger partial charge in [-0.2, -0.15) is 0 Å². The van der Waals surface area contributed by atoms with Crippen molar-refractivity contribution in [3.8, 4) is 5.75 Å². The van der Waals surface area contributed by atoms with Crippen LogP contribution >= 0.6 is 0 Å². The van der Waals surface area contributed by atoms with Crippen molar-refractivity contribution in [3.63, 3.8) is 0 Å². The Hall–Kier alpha value is -1.55. The third-order valence-corrected chi connectivity index (χ3v) is 3.77. The highest BCUT2D eigenvalue weighted by Gasteiger charge is 2.32. The van der Waals surface area contributed by atoms with E-state index in [4.69, 9.17) is 9.84 Å². The number of likely N-dealkylation sites (tertiary alicyclic amines) is 1. The minimum Gasteiger partial charge on any atom is -0.493 e. The summed E-state index contributed by atoms with van der Waals surface area (Å²) in [5, 5.41) is 8.71. The van der Waals surface area contributed by atoms with Crippen LogP contribution in [0.25, 0.3) is 0 Å². The van der Waals surface area contributed by atoms with Crippen LogP contribution in [0.5, 0.6) is 5.75 Å². The van der Waals surface area contributed by atoms with E-state index in [0.29, 0.717) is 18.3 Å². The van der Waals surface area contributed by atoms with E-state index in [1.807, 2.05) is 18.2 Å². The van der Waals surface area contributed by atoms with Gasteiger partial charge >= 0.3 is 5.97 Å². The zero-order valence-corrected chi connectivity index (χ0v) is 10.2. The van der Waals surface area contributed by atoms with E-state index in [0.717, 1.165) is 32.0 Å². The van der Waals surface area contributed by atoms with Gasteiger partial charge in [0.05, 0.1) is 13.0 Å². The number of nitrogens with zero attached hydrogens (tertiary/aromatic N) is 1. The van der Waals surface area contributed by atoms with E-state index in [-0.39, 0.29) is 0 Å².